The zero-order chi connectivity index (χ0) is 24.9. The average Bonchev–Trinajstić information content (AvgIpc) is 3.24. The number of carbonyl (C=O) groups is 1. The third kappa shape index (κ3) is 5.17. The van der Waals surface area contributed by atoms with Gasteiger partial charge in [-0.2, -0.15) is 0 Å². The standard InChI is InChI=1S/C29H30N4O3/c1-21(34)33(16-15-32-17-19-36-20-18-32)24-13-11-23(12-14-24)30-28(22-7-3-2-4-8-22)27-25-9-5-6-10-26(25)31-29(27)35/h2-14,31,35H,15-20H2,1H3. The van der Waals surface area contributed by atoms with Crippen molar-refractivity contribution in [2.75, 3.05) is 44.3 Å². The monoisotopic (exact) mass is 482 g/mol. The lowest BCUT2D eigenvalue weighted by Gasteiger charge is -2.29. The summed E-state index contributed by atoms with van der Waals surface area (Å²) in [6, 6.07) is 25.3. The van der Waals surface area contributed by atoms with Crippen LogP contribution in [0.25, 0.3) is 10.9 Å². The lowest BCUT2D eigenvalue weighted by Crippen LogP contribution is -2.42. The normalized spacial score (nSPS) is 14.8. The maximum atomic E-state index is 12.4. The van der Waals surface area contributed by atoms with Crippen LogP contribution in [0.3, 0.4) is 0 Å². The van der Waals surface area contributed by atoms with Crippen LogP contribution in [0.4, 0.5) is 11.4 Å². The van der Waals surface area contributed by atoms with Gasteiger partial charge < -0.3 is 19.7 Å². The van der Waals surface area contributed by atoms with Gasteiger partial charge in [-0.05, 0) is 30.3 Å². The second-order valence-corrected chi connectivity index (χ2v) is 8.86. The Morgan fingerprint density at radius 2 is 1.69 bits per heavy atom. The largest absolute Gasteiger partial charge is 0.494 e. The van der Waals surface area contributed by atoms with Gasteiger partial charge in [0, 0.05) is 55.3 Å². The van der Waals surface area contributed by atoms with Gasteiger partial charge in [0.15, 0.2) is 5.88 Å². The number of hydrogen-bond acceptors (Lipinski definition) is 5. The molecule has 0 radical (unpaired) electrons. The predicted octanol–water partition coefficient (Wildman–Crippen LogP) is 4.73. The average molecular weight is 483 g/mol. The molecule has 1 aliphatic heterocycles. The fourth-order valence-corrected chi connectivity index (χ4v) is 4.60. The van der Waals surface area contributed by atoms with Crippen LogP contribution in [0.5, 0.6) is 5.88 Å². The molecular weight excluding hydrogens is 452 g/mol. The van der Waals surface area contributed by atoms with Gasteiger partial charge in [0.05, 0.1) is 30.2 Å². The van der Waals surface area contributed by atoms with Crippen molar-refractivity contribution in [3.05, 3.63) is 90.0 Å². The third-order valence-electron chi connectivity index (χ3n) is 6.50. The van der Waals surface area contributed by atoms with Crippen LogP contribution in [0.1, 0.15) is 18.1 Å². The number of benzene rings is 3. The number of amides is 1. The van der Waals surface area contributed by atoms with Crippen molar-refractivity contribution < 1.29 is 14.6 Å². The Hall–Kier alpha value is -3.94. The molecule has 1 saturated heterocycles. The molecule has 1 amide bonds. The second-order valence-electron chi connectivity index (χ2n) is 8.86. The molecule has 4 aromatic rings. The fourth-order valence-electron chi connectivity index (χ4n) is 4.60. The number of aromatic amines is 1. The summed E-state index contributed by atoms with van der Waals surface area (Å²) in [7, 11) is 0. The molecule has 7 heteroatoms. The highest BCUT2D eigenvalue weighted by Gasteiger charge is 2.19. The van der Waals surface area contributed by atoms with Crippen molar-refractivity contribution in [2.45, 2.75) is 6.92 Å². The first-order chi connectivity index (χ1) is 17.6. The highest BCUT2D eigenvalue weighted by molar-refractivity contribution is 6.21. The van der Waals surface area contributed by atoms with Gasteiger partial charge in [-0.3, -0.25) is 9.69 Å². The van der Waals surface area contributed by atoms with E-state index in [0.717, 1.165) is 60.7 Å². The summed E-state index contributed by atoms with van der Waals surface area (Å²) in [5.41, 5.74) is 4.66. The van der Waals surface area contributed by atoms with Gasteiger partial charge in [0.1, 0.15) is 0 Å². The van der Waals surface area contributed by atoms with Crippen LogP contribution in [0.2, 0.25) is 0 Å². The minimum atomic E-state index is 0.00759. The number of ether oxygens (including phenoxy) is 1. The highest BCUT2D eigenvalue weighted by Crippen LogP contribution is 2.31. The van der Waals surface area contributed by atoms with E-state index in [1.807, 2.05) is 78.9 Å². The molecule has 1 aromatic heterocycles. The number of aliphatic imine (C=N–C) groups is 1. The summed E-state index contributed by atoms with van der Waals surface area (Å²) in [5, 5.41) is 11.7. The molecule has 0 bridgehead atoms. The van der Waals surface area contributed by atoms with Gasteiger partial charge in [-0.1, -0.05) is 48.5 Å². The number of morpholine rings is 1. The van der Waals surface area contributed by atoms with E-state index in [2.05, 4.69) is 9.88 Å². The van der Waals surface area contributed by atoms with E-state index in [1.165, 1.54) is 0 Å². The first kappa shape index (κ1) is 23.8. The summed E-state index contributed by atoms with van der Waals surface area (Å²) in [6.07, 6.45) is 0. The number of hydrogen-bond donors (Lipinski definition) is 2. The molecule has 0 atom stereocenters. The van der Waals surface area contributed by atoms with Crippen LogP contribution in [0.15, 0.2) is 83.9 Å². The molecule has 2 N–H and O–H groups in total. The molecule has 2 heterocycles. The number of anilines is 1. The maximum absolute atomic E-state index is 12.4. The van der Waals surface area contributed by atoms with Gasteiger partial charge in [-0.25, -0.2) is 4.99 Å². The van der Waals surface area contributed by atoms with Crippen molar-refractivity contribution in [3.63, 3.8) is 0 Å². The SMILES string of the molecule is CC(=O)N(CCN1CCOCC1)c1ccc(N=C(c2ccccc2)c2c(O)[nH]c3ccccc23)cc1. The highest BCUT2D eigenvalue weighted by atomic mass is 16.5. The minimum Gasteiger partial charge on any atom is -0.494 e. The van der Waals surface area contributed by atoms with Crippen molar-refractivity contribution in [2.24, 2.45) is 4.99 Å². The summed E-state index contributed by atoms with van der Waals surface area (Å²) in [5.74, 6) is 0.0921. The Labute approximate surface area is 210 Å². The molecular formula is C29H30N4O3. The topological polar surface area (TPSA) is 81.2 Å². The van der Waals surface area contributed by atoms with E-state index in [-0.39, 0.29) is 11.8 Å². The molecule has 3 aromatic carbocycles. The summed E-state index contributed by atoms with van der Waals surface area (Å²) >= 11 is 0. The van der Waals surface area contributed by atoms with Crippen LogP contribution in [-0.4, -0.2) is 66.0 Å². The molecule has 36 heavy (non-hydrogen) atoms. The molecule has 1 fully saturated rings. The molecule has 7 nitrogen and oxygen atoms in total. The minimum absolute atomic E-state index is 0.00759. The number of aromatic hydroxyl groups is 1. The van der Waals surface area contributed by atoms with E-state index in [4.69, 9.17) is 9.73 Å². The Morgan fingerprint density at radius 1 is 1.00 bits per heavy atom. The molecule has 0 saturated carbocycles. The number of H-pyrrole nitrogens is 1. The number of aromatic nitrogens is 1. The smallest absolute Gasteiger partial charge is 0.223 e. The zero-order valence-corrected chi connectivity index (χ0v) is 20.4. The van der Waals surface area contributed by atoms with Crippen LogP contribution in [-0.2, 0) is 9.53 Å². The Morgan fingerprint density at radius 3 is 2.42 bits per heavy atom. The van der Waals surface area contributed by atoms with Crippen molar-refractivity contribution in [1.82, 2.24) is 9.88 Å². The second kappa shape index (κ2) is 10.8. The number of para-hydroxylation sites is 1. The first-order valence-corrected chi connectivity index (χ1v) is 12.2. The third-order valence-corrected chi connectivity index (χ3v) is 6.50. The fraction of sp³-hybridized carbons (Fsp3) is 0.241. The zero-order valence-electron chi connectivity index (χ0n) is 20.4. The number of fused-ring (bicyclic) bond motifs is 1. The molecule has 1 aliphatic rings. The van der Waals surface area contributed by atoms with E-state index >= 15 is 0 Å². The lowest BCUT2D eigenvalue weighted by atomic mass is 10.0. The number of nitrogens with zero attached hydrogens (tertiary/aromatic N) is 3. The predicted molar refractivity (Wildman–Crippen MR) is 143 cm³/mol. The van der Waals surface area contributed by atoms with Gasteiger partial charge in [0.2, 0.25) is 5.91 Å². The van der Waals surface area contributed by atoms with Gasteiger partial charge >= 0.3 is 0 Å². The van der Waals surface area contributed by atoms with E-state index in [0.29, 0.717) is 17.8 Å². The van der Waals surface area contributed by atoms with Crippen molar-refractivity contribution in [1.29, 1.82) is 0 Å². The van der Waals surface area contributed by atoms with Gasteiger partial charge in [0.25, 0.3) is 0 Å². The van der Waals surface area contributed by atoms with E-state index in [1.54, 1.807) is 11.8 Å². The Bertz CT molecular complexity index is 1360. The quantitative estimate of drug-likeness (QED) is 0.373. The van der Waals surface area contributed by atoms with Gasteiger partial charge in [-0.15, -0.1) is 0 Å². The lowest BCUT2D eigenvalue weighted by molar-refractivity contribution is -0.116. The Kier molecular flexibility index (Phi) is 7.11. The van der Waals surface area contributed by atoms with E-state index in [9.17, 15) is 9.90 Å². The Balaban J connectivity index is 1.46. The van der Waals surface area contributed by atoms with Crippen LogP contribution in [0, 0.1) is 0 Å². The molecule has 184 valence electrons. The molecule has 0 unspecified atom stereocenters. The summed E-state index contributed by atoms with van der Waals surface area (Å²) in [4.78, 5) is 24.5. The maximum Gasteiger partial charge on any atom is 0.223 e. The summed E-state index contributed by atoms with van der Waals surface area (Å²) < 4.78 is 5.42. The number of rotatable bonds is 7. The first-order valence-electron chi connectivity index (χ1n) is 12.2. The number of nitrogens with one attached hydrogen (secondary N) is 1. The van der Waals surface area contributed by atoms with Crippen LogP contribution < -0.4 is 4.90 Å². The van der Waals surface area contributed by atoms with Crippen molar-refractivity contribution in [3.8, 4) is 5.88 Å². The number of carbonyl (C=O) groups excluding carboxylic acids is 1. The van der Waals surface area contributed by atoms with E-state index < -0.39 is 0 Å². The summed E-state index contributed by atoms with van der Waals surface area (Å²) in [6.45, 7) is 6.28. The molecule has 0 spiro atoms. The molecule has 5 rings (SSSR count). The molecule has 0 aliphatic carbocycles. The van der Waals surface area contributed by atoms with Crippen molar-refractivity contribution >= 4 is 33.9 Å². The van der Waals surface area contributed by atoms with Crippen LogP contribution >= 0.6 is 0 Å².